The van der Waals surface area contributed by atoms with Crippen molar-refractivity contribution in [1.29, 1.82) is 0 Å². The number of nitrogens with two attached hydrogens (primary N) is 1. The van der Waals surface area contributed by atoms with Gasteiger partial charge in [-0.25, -0.2) is 9.97 Å². The van der Waals surface area contributed by atoms with E-state index in [1.165, 1.54) is 0 Å². The molecule has 2 aromatic rings. The highest BCUT2D eigenvalue weighted by molar-refractivity contribution is 5.60. The van der Waals surface area contributed by atoms with Crippen molar-refractivity contribution in [3.63, 3.8) is 0 Å². The molecule has 2 aromatic heterocycles. The second-order valence-electron chi connectivity index (χ2n) is 5.31. The Morgan fingerprint density at radius 3 is 2.60 bits per heavy atom. The maximum Gasteiger partial charge on any atom is 0.161 e. The van der Waals surface area contributed by atoms with Crippen molar-refractivity contribution >= 4 is 5.82 Å². The summed E-state index contributed by atoms with van der Waals surface area (Å²) in [5.74, 6) is 1.77. The third kappa shape index (κ3) is 2.36. The van der Waals surface area contributed by atoms with E-state index in [9.17, 15) is 0 Å². The van der Waals surface area contributed by atoms with Gasteiger partial charge < -0.3 is 10.6 Å². The number of hydrogen-bond donors (Lipinski definition) is 1. The molecule has 104 valence electrons. The van der Waals surface area contributed by atoms with Gasteiger partial charge in [0.05, 0.1) is 0 Å². The number of hydrogen-bond acceptors (Lipinski definition) is 5. The molecule has 2 N–H and O–H groups in total. The van der Waals surface area contributed by atoms with E-state index in [4.69, 9.17) is 10.7 Å². The predicted octanol–water partition coefficient (Wildman–Crippen LogP) is 1.69. The Balaban J connectivity index is 2.04. The summed E-state index contributed by atoms with van der Waals surface area (Å²) in [4.78, 5) is 15.6. The first-order valence-corrected chi connectivity index (χ1v) is 6.91. The van der Waals surface area contributed by atoms with Gasteiger partial charge in [0.1, 0.15) is 5.82 Å². The van der Waals surface area contributed by atoms with Crippen LogP contribution in [0.4, 0.5) is 5.82 Å². The zero-order valence-corrected chi connectivity index (χ0v) is 11.9. The Labute approximate surface area is 118 Å². The van der Waals surface area contributed by atoms with Crippen LogP contribution in [0.2, 0.25) is 0 Å². The molecule has 1 unspecified atom stereocenters. The van der Waals surface area contributed by atoms with E-state index in [0.29, 0.717) is 0 Å². The smallest absolute Gasteiger partial charge is 0.161 e. The van der Waals surface area contributed by atoms with Crippen molar-refractivity contribution in [2.24, 2.45) is 5.73 Å². The van der Waals surface area contributed by atoms with Crippen LogP contribution in [0.15, 0.2) is 24.5 Å². The predicted molar refractivity (Wildman–Crippen MR) is 79.5 cm³/mol. The van der Waals surface area contributed by atoms with Crippen molar-refractivity contribution in [2.75, 3.05) is 18.0 Å². The Kier molecular flexibility index (Phi) is 3.36. The number of pyridine rings is 1. The van der Waals surface area contributed by atoms with E-state index in [0.717, 1.165) is 48.0 Å². The van der Waals surface area contributed by atoms with Crippen LogP contribution in [0, 0.1) is 13.8 Å². The largest absolute Gasteiger partial charge is 0.355 e. The van der Waals surface area contributed by atoms with Gasteiger partial charge in [-0.05, 0) is 32.4 Å². The number of anilines is 1. The number of aromatic nitrogens is 3. The molecule has 1 aliphatic rings. The second-order valence-corrected chi connectivity index (χ2v) is 5.31. The molecule has 1 aliphatic heterocycles. The van der Waals surface area contributed by atoms with Crippen LogP contribution in [0.1, 0.15) is 17.7 Å². The lowest BCUT2D eigenvalue weighted by molar-refractivity contribution is 0.751. The molecule has 5 heteroatoms. The van der Waals surface area contributed by atoms with Gasteiger partial charge in [-0.3, -0.25) is 4.98 Å². The highest BCUT2D eigenvalue weighted by Crippen LogP contribution is 2.26. The summed E-state index contributed by atoms with van der Waals surface area (Å²) >= 11 is 0. The minimum atomic E-state index is 0.244. The molecule has 0 spiro atoms. The average Bonchev–Trinajstić information content (AvgIpc) is 2.89. The minimum Gasteiger partial charge on any atom is -0.355 e. The third-order valence-electron chi connectivity index (χ3n) is 3.83. The van der Waals surface area contributed by atoms with Gasteiger partial charge in [-0.2, -0.15) is 0 Å². The first-order valence-electron chi connectivity index (χ1n) is 6.91. The summed E-state index contributed by atoms with van der Waals surface area (Å²) in [6.45, 7) is 5.94. The third-order valence-corrected chi connectivity index (χ3v) is 3.83. The molecule has 0 radical (unpaired) electrons. The maximum absolute atomic E-state index is 6.01. The number of rotatable bonds is 2. The van der Waals surface area contributed by atoms with Crippen LogP contribution in [0.3, 0.4) is 0 Å². The molecule has 0 aliphatic carbocycles. The van der Waals surface area contributed by atoms with Crippen molar-refractivity contribution < 1.29 is 0 Å². The standard InChI is InChI=1S/C15H19N5/c1-10-11(2)18-14(12-3-6-17-7-4-12)19-15(10)20-8-5-13(16)9-20/h3-4,6-7,13H,5,8-9,16H2,1-2H3. The van der Waals surface area contributed by atoms with E-state index in [1.54, 1.807) is 12.4 Å². The van der Waals surface area contributed by atoms with Gasteiger partial charge in [0, 0.05) is 48.3 Å². The Morgan fingerprint density at radius 2 is 1.95 bits per heavy atom. The van der Waals surface area contributed by atoms with Crippen LogP contribution in [0.5, 0.6) is 0 Å². The van der Waals surface area contributed by atoms with Crippen molar-refractivity contribution in [2.45, 2.75) is 26.3 Å². The van der Waals surface area contributed by atoms with Crippen molar-refractivity contribution in [1.82, 2.24) is 15.0 Å². The van der Waals surface area contributed by atoms with Gasteiger partial charge in [-0.15, -0.1) is 0 Å². The summed E-state index contributed by atoms with van der Waals surface area (Å²) in [5.41, 5.74) is 9.15. The average molecular weight is 269 g/mol. The Morgan fingerprint density at radius 1 is 1.20 bits per heavy atom. The first-order chi connectivity index (χ1) is 9.65. The van der Waals surface area contributed by atoms with Crippen LogP contribution in [-0.4, -0.2) is 34.1 Å². The molecule has 0 saturated carbocycles. The van der Waals surface area contributed by atoms with Gasteiger partial charge in [0.15, 0.2) is 5.82 Å². The highest BCUT2D eigenvalue weighted by Gasteiger charge is 2.23. The highest BCUT2D eigenvalue weighted by atomic mass is 15.2. The molecule has 20 heavy (non-hydrogen) atoms. The van der Waals surface area contributed by atoms with Gasteiger partial charge in [0.25, 0.3) is 0 Å². The molecule has 3 rings (SSSR count). The Hall–Kier alpha value is -2.01. The fourth-order valence-electron chi connectivity index (χ4n) is 2.53. The maximum atomic E-state index is 6.01. The summed E-state index contributed by atoms with van der Waals surface area (Å²) in [5, 5.41) is 0. The molecule has 3 heterocycles. The normalized spacial score (nSPS) is 18.6. The lowest BCUT2D eigenvalue weighted by Crippen LogP contribution is -2.27. The number of aryl methyl sites for hydroxylation is 1. The quantitative estimate of drug-likeness (QED) is 0.898. The number of nitrogens with zero attached hydrogens (tertiary/aromatic N) is 4. The SMILES string of the molecule is Cc1nc(-c2ccncc2)nc(N2CCC(N)C2)c1C. The second kappa shape index (κ2) is 5.17. The molecule has 1 saturated heterocycles. The first kappa shape index (κ1) is 13.0. The lowest BCUT2D eigenvalue weighted by atomic mass is 10.2. The van der Waals surface area contributed by atoms with Crippen molar-refractivity contribution in [3.8, 4) is 11.4 Å². The molecule has 5 nitrogen and oxygen atoms in total. The van der Waals surface area contributed by atoms with Gasteiger partial charge in [-0.1, -0.05) is 0 Å². The summed E-state index contributed by atoms with van der Waals surface area (Å²) in [6.07, 6.45) is 4.55. The van der Waals surface area contributed by atoms with E-state index in [1.807, 2.05) is 19.1 Å². The van der Waals surface area contributed by atoms with Crippen LogP contribution < -0.4 is 10.6 Å². The molecular weight excluding hydrogens is 250 g/mol. The topological polar surface area (TPSA) is 67.9 Å². The molecular formula is C15H19N5. The van der Waals surface area contributed by atoms with E-state index >= 15 is 0 Å². The zero-order valence-electron chi connectivity index (χ0n) is 11.9. The molecule has 1 atom stereocenters. The zero-order chi connectivity index (χ0) is 14.1. The van der Waals surface area contributed by atoms with Crippen LogP contribution in [0.25, 0.3) is 11.4 Å². The summed E-state index contributed by atoms with van der Waals surface area (Å²) in [6, 6.07) is 4.11. The molecule has 0 aromatic carbocycles. The van der Waals surface area contributed by atoms with Gasteiger partial charge in [0.2, 0.25) is 0 Å². The van der Waals surface area contributed by atoms with E-state index < -0.39 is 0 Å². The molecule has 0 amide bonds. The fraction of sp³-hybridized carbons (Fsp3) is 0.400. The molecule has 0 bridgehead atoms. The monoisotopic (exact) mass is 269 g/mol. The van der Waals surface area contributed by atoms with Crippen molar-refractivity contribution in [3.05, 3.63) is 35.8 Å². The lowest BCUT2D eigenvalue weighted by Gasteiger charge is -2.20. The minimum absolute atomic E-state index is 0.244. The summed E-state index contributed by atoms with van der Waals surface area (Å²) < 4.78 is 0. The fourth-order valence-corrected chi connectivity index (χ4v) is 2.53. The van der Waals surface area contributed by atoms with Crippen LogP contribution >= 0.6 is 0 Å². The Bertz CT molecular complexity index is 611. The summed E-state index contributed by atoms with van der Waals surface area (Å²) in [7, 11) is 0. The molecule has 1 fully saturated rings. The van der Waals surface area contributed by atoms with Gasteiger partial charge >= 0.3 is 0 Å². The van der Waals surface area contributed by atoms with E-state index in [-0.39, 0.29) is 6.04 Å². The van der Waals surface area contributed by atoms with Crippen LogP contribution in [-0.2, 0) is 0 Å². The van der Waals surface area contributed by atoms with E-state index in [2.05, 4.69) is 21.8 Å².